The summed E-state index contributed by atoms with van der Waals surface area (Å²) in [4.78, 5) is 16.1. The zero-order valence-electron chi connectivity index (χ0n) is 13.8. The summed E-state index contributed by atoms with van der Waals surface area (Å²) < 4.78 is 31.6. The van der Waals surface area contributed by atoms with Crippen LogP contribution in [0, 0.1) is 0 Å². The van der Waals surface area contributed by atoms with Crippen molar-refractivity contribution < 1.29 is 18.1 Å². The minimum atomic E-state index is -2.77. The highest BCUT2D eigenvalue weighted by atomic mass is 19.3. The molecule has 1 aromatic carbocycles. The van der Waals surface area contributed by atoms with Crippen LogP contribution in [0.2, 0.25) is 0 Å². The molecule has 0 radical (unpaired) electrons. The average Bonchev–Trinajstić information content (AvgIpc) is 3.34. The molecule has 0 spiro atoms. The molecular weight excluding hydrogens is 344 g/mol. The lowest BCUT2D eigenvalue weighted by atomic mass is 10.0. The first-order valence-corrected chi connectivity index (χ1v) is 8.06. The second kappa shape index (κ2) is 6.32. The lowest BCUT2D eigenvalue weighted by molar-refractivity contribution is 0.0927. The largest absolute Gasteiger partial charge is 0.344 e. The summed E-state index contributed by atoms with van der Waals surface area (Å²) in [5.74, 6) is -0.752. The van der Waals surface area contributed by atoms with Crippen LogP contribution in [0.1, 0.15) is 46.3 Å². The van der Waals surface area contributed by atoms with Crippen molar-refractivity contribution in [3.05, 3.63) is 53.1 Å². The molecule has 0 aliphatic heterocycles. The standard InChI is InChI=1S/C17H15F2N5O2/c1-24-13(6-7-20-24)16(25)21-12-5-3-9-8-10(2-4-11(9)12)17-22-15(14(18)19)23-26-17/h2,4,6-8,12,14H,3,5H2,1H3,(H,21,25). The number of halogens is 2. The number of fused-ring (bicyclic) bond motifs is 1. The number of carbonyl (C=O) groups excluding carboxylic acids is 1. The number of aryl methyl sites for hydroxylation is 2. The number of nitrogens with zero attached hydrogens (tertiary/aromatic N) is 4. The normalized spacial score (nSPS) is 16.1. The lowest BCUT2D eigenvalue weighted by Gasteiger charge is -2.14. The van der Waals surface area contributed by atoms with Crippen LogP contribution in [0.4, 0.5) is 8.78 Å². The number of alkyl halides is 2. The highest BCUT2D eigenvalue weighted by Gasteiger charge is 2.26. The van der Waals surface area contributed by atoms with Crippen LogP contribution in [-0.4, -0.2) is 25.8 Å². The van der Waals surface area contributed by atoms with Gasteiger partial charge in [-0.05, 0) is 42.2 Å². The van der Waals surface area contributed by atoms with Gasteiger partial charge in [0, 0.05) is 18.8 Å². The first-order chi connectivity index (χ1) is 12.5. The third-order valence-electron chi connectivity index (χ3n) is 4.46. The van der Waals surface area contributed by atoms with Crippen LogP contribution in [-0.2, 0) is 13.5 Å². The zero-order chi connectivity index (χ0) is 18.3. The maximum absolute atomic E-state index is 12.6. The Morgan fingerprint density at radius 2 is 2.23 bits per heavy atom. The van der Waals surface area contributed by atoms with Gasteiger partial charge in [0.25, 0.3) is 11.8 Å². The Labute approximate surface area is 147 Å². The van der Waals surface area contributed by atoms with Crippen molar-refractivity contribution in [1.29, 1.82) is 0 Å². The third kappa shape index (κ3) is 2.85. The molecule has 0 fully saturated rings. The van der Waals surface area contributed by atoms with Crippen LogP contribution in [0.3, 0.4) is 0 Å². The second-order valence-corrected chi connectivity index (χ2v) is 6.08. The number of hydrogen-bond acceptors (Lipinski definition) is 5. The minimum Gasteiger partial charge on any atom is -0.344 e. The number of nitrogens with one attached hydrogen (secondary N) is 1. The number of benzene rings is 1. The van der Waals surface area contributed by atoms with E-state index in [1.165, 1.54) is 4.68 Å². The molecule has 7 nitrogen and oxygen atoms in total. The summed E-state index contributed by atoms with van der Waals surface area (Å²) in [5.41, 5.74) is 3.09. The van der Waals surface area contributed by atoms with E-state index in [-0.39, 0.29) is 17.8 Å². The van der Waals surface area contributed by atoms with Crippen molar-refractivity contribution in [2.24, 2.45) is 7.05 Å². The summed E-state index contributed by atoms with van der Waals surface area (Å²) in [6.07, 6.45) is 0.319. The fourth-order valence-electron chi connectivity index (χ4n) is 3.17. The number of carbonyl (C=O) groups is 1. The predicted molar refractivity (Wildman–Crippen MR) is 86.4 cm³/mol. The molecule has 1 aliphatic carbocycles. The topological polar surface area (TPSA) is 85.8 Å². The van der Waals surface area contributed by atoms with Gasteiger partial charge in [0.15, 0.2) is 0 Å². The summed E-state index contributed by atoms with van der Waals surface area (Å²) >= 11 is 0. The van der Waals surface area contributed by atoms with E-state index >= 15 is 0 Å². The SMILES string of the molecule is Cn1nccc1C(=O)NC1CCc2cc(-c3nc(C(F)F)no3)ccc21. The summed E-state index contributed by atoms with van der Waals surface area (Å²) in [7, 11) is 1.71. The first kappa shape index (κ1) is 16.4. The van der Waals surface area contributed by atoms with Gasteiger partial charge in [-0.15, -0.1) is 0 Å². The van der Waals surface area contributed by atoms with Gasteiger partial charge in [-0.25, -0.2) is 8.78 Å². The summed E-state index contributed by atoms with van der Waals surface area (Å²) in [6, 6.07) is 6.98. The molecule has 3 aromatic rings. The Bertz CT molecular complexity index is 966. The van der Waals surface area contributed by atoms with Crippen molar-refractivity contribution in [3.63, 3.8) is 0 Å². The van der Waals surface area contributed by atoms with Crippen LogP contribution in [0.15, 0.2) is 35.0 Å². The Balaban J connectivity index is 1.54. The third-order valence-corrected chi connectivity index (χ3v) is 4.46. The van der Waals surface area contributed by atoms with Crippen LogP contribution in [0.25, 0.3) is 11.5 Å². The molecule has 26 heavy (non-hydrogen) atoms. The fourth-order valence-corrected chi connectivity index (χ4v) is 3.17. The first-order valence-electron chi connectivity index (χ1n) is 8.06. The quantitative estimate of drug-likeness (QED) is 0.774. The Morgan fingerprint density at radius 1 is 1.38 bits per heavy atom. The maximum atomic E-state index is 12.6. The van der Waals surface area contributed by atoms with Gasteiger partial charge in [-0.2, -0.15) is 10.1 Å². The van der Waals surface area contributed by atoms with Crippen molar-refractivity contribution >= 4 is 5.91 Å². The monoisotopic (exact) mass is 359 g/mol. The molecule has 1 N–H and O–H groups in total. The van der Waals surface area contributed by atoms with Crippen LogP contribution < -0.4 is 5.32 Å². The molecule has 0 saturated carbocycles. The van der Waals surface area contributed by atoms with Gasteiger partial charge in [-0.1, -0.05) is 11.2 Å². The van der Waals surface area contributed by atoms with Crippen LogP contribution >= 0.6 is 0 Å². The van der Waals surface area contributed by atoms with Crippen molar-refractivity contribution in [1.82, 2.24) is 25.2 Å². The number of rotatable bonds is 4. The lowest BCUT2D eigenvalue weighted by Crippen LogP contribution is -2.28. The fraction of sp³-hybridized carbons (Fsp3) is 0.294. The number of hydrogen-bond donors (Lipinski definition) is 1. The van der Waals surface area contributed by atoms with E-state index in [0.717, 1.165) is 24.0 Å². The second-order valence-electron chi connectivity index (χ2n) is 6.08. The Kier molecular flexibility index (Phi) is 3.98. The van der Waals surface area contributed by atoms with Gasteiger partial charge in [0.2, 0.25) is 5.82 Å². The molecule has 1 amide bonds. The van der Waals surface area contributed by atoms with Gasteiger partial charge in [0.1, 0.15) is 5.69 Å². The minimum absolute atomic E-state index is 0.0606. The van der Waals surface area contributed by atoms with E-state index in [1.807, 2.05) is 12.1 Å². The van der Waals surface area contributed by atoms with Gasteiger partial charge in [0.05, 0.1) is 6.04 Å². The van der Waals surface area contributed by atoms with E-state index in [4.69, 9.17) is 4.52 Å². The van der Waals surface area contributed by atoms with Crippen molar-refractivity contribution in [2.75, 3.05) is 0 Å². The molecular formula is C17H15F2N5O2. The van der Waals surface area contributed by atoms with Gasteiger partial charge < -0.3 is 9.84 Å². The van der Waals surface area contributed by atoms with E-state index in [0.29, 0.717) is 11.3 Å². The molecule has 134 valence electrons. The Hall–Kier alpha value is -3.10. The van der Waals surface area contributed by atoms with Crippen molar-refractivity contribution in [2.45, 2.75) is 25.3 Å². The van der Waals surface area contributed by atoms with E-state index < -0.39 is 12.2 Å². The van der Waals surface area contributed by atoms with Crippen LogP contribution in [0.5, 0.6) is 0 Å². The molecule has 1 atom stereocenters. The molecule has 1 aliphatic rings. The highest BCUT2D eigenvalue weighted by molar-refractivity contribution is 5.92. The molecule has 2 heterocycles. The number of aromatic nitrogens is 4. The predicted octanol–water partition coefficient (Wildman–Crippen LogP) is 2.83. The zero-order valence-corrected chi connectivity index (χ0v) is 13.8. The van der Waals surface area contributed by atoms with E-state index in [1.54, 1.807) is 25.4 Å². The smallest absolute Gasteiger partial charge is 0.300 e. The van der Waals surface area contributed by atoms with Gasteiger partial charge in [-0.3, -0.25) is 9.48 Å². The van der Waals surface area contributed by atoms with Gasteiger partial charge >= 0.3 is 6.43 Å². The van der Waals surface area contributed by atoms with E-state index in [2.05, 4.69) is 20.6 Å². The average molecular weight is 359 g/mol. The number of amides is 1. The highest BCUT2D eigenvalue weighted by Crippen LogP contribution is 2.34. The Morgan fingerprint density at radius 3 is 2.92 bits per heavy atom. The molecule has 1 unspecified atom stereocenters. The molecule has 0 bridgehead atoms. The maximum Gasteiger partial charge on any atom is 0.300 e. The summed E-state index contributed by atoms with van der Waals surface area (Å²) in [5, 5.41) is 10.3. The summed E-state index contributed by atoms with van der Waals surface area (Å²) in [6.45, 7) is 0. The van der Waals surface area contributed by atoms with Crippen molar-refractivity contribution in [3.8, 4) is 11.5 Å². The molecule has 9 heteroatoms. The molecule has 4 rings (SSSR count). The molecule has 2 aromatic heterocycles. The molecule has 0 saturated heterocycles. The van der Waals surface area contributed by atoms with E-state index in [9.17, 15) is 13.6 Å².